The Morgan fingerprint density at radius 1 is 1.47 bits per heavy atom. The lowest BCUT2D eigenvalue weighted by molar-refractivity contribution is -0.385. The molecule has 0 aliphatic rings. The van der Waals surface area contributed by atoms with E-state index in [0.29, 0.717) is 6.54 Å². The van der Waals surface area contributed by atoms with Gasteiger partial charge in [-0.2, -0.15) is 0 Å². The van der Waals surface area contributed by atoms with Gasteiger partial charge in [0.25, 0.3) is 11.6 Å². The van der Waals surface area contributed by atoms with E-state index >= 15 is 0 Å². The second-order valence-electron chi connectivity index (χ2n) is 4.37. The number of hydrogen-bond acceptors (Lipinski definition) is 5. The lowest BCUT2D eigenvalue weighted by Gasteiger charge is -2.10. The van der Waals surface area contributed by atoms with Gasteiger partial charge in [-0.3, -0.25) is 14.9 Å². The Bertz CT molecular complexity index is 474. The van der Waals surface area contributed by atoms with Crippen LogP contribution in [0.2, 0.25) is 0 Å². The van der Waals surface area contributed by atoms with Gasteiger partial charge >= 0.3 is 0 Å². The van der Waals surface area contributed by atoms with Crippen LogP contribution in [0.15, 0.2) is 18.2 Å². The smallest absolute Gasteiger partial charge is 0.282 e. The number of nitrogens with one attached hydrogen (secondary N) is 1. The zero-order valence-corrected chi connectivity index (χ0v) is 10.9. The van der Waals surface area contributed by atoms with E-state index in [1.165, 1.54) is 6.07 Å². The molecule has 1 aromatic rings. The van der Waals surface area contributed by atoms with Crippen molar-refractivity contribution in [1.82, 2.24) is 10.2 Å². The molecule has 0 unspecified atom stereocenters. The molecule has 7 heteroatoms. The number of carbonyl (C=O) groups is 1. The van der Waals surface area contributed by atoms with Crippen molar-refractivity contribution in [3.8, 4) is 5.75 Å². The number of nitro groups is 1. The van der Waals surface area contributed by atoms with Crippen LogP contribution in [0.1, 0.15) is 16.8 Å². The fourth-order valence-electron chi connectivity index (χ4n) is 1.56. The van der Waals surface area contributed by atoms with Gasteiger partial charge in [0, 0.05) is 12.6 Å². The van der Waals surface area contributed by atoms with Crippen molar-refractivity contribution in [2.24, 2.45) is 0 Å². The Labute approximate surface area is 111 Å². The van der Waals surface area contributed by atoms with Crippen molar-refractivity contribution in [3.63, 3.8) is 0 Å². The van der Waals surface area contributed by atoms with Crippen molar-refractivity contribution < 1.29 is 14.8 Å². The van der Waals surface area contributed by atoms with Gasteiger partial charge in [-0.25, -0.2) is 0 Å². The lowest BCUT2D eigenvalue weighted by atomic mass is 10.1. The van der Waals surface area contributed by atoms with Gasteiger partial charge < -0.3 is 15.3 Å². The number of nitrogens with zero attached hydrogens (tertiary/aromatic N) is 2. The minimum absolute atomic E-state index is 0.130. The highest BCUT2D eigenvalue weighted by molar-refractivity contribution is 5.98. The zero-order valence-electron chi connectivity index (χ0n) is 10.9. The minimum Gasteiger partial charge on any atom is -0.508 e. The van der Waals surface area contributed by atoms with Crippen LogP contribution in [0.25, 0.3) is 0 Å². The van der Waals surface area contributed by atoms with Gasteiger partial charge in [0.05, 0.1) is 4.92 Å². The molecule has 7 nitrogen and oxygen atoms in total. The summed E-state index contributed by atoms with van der Waals surface area (Å²) >= 11 is 0. The quantitative estimate of drug-likeness (QED) is 0.455. The normalized spacial score (nSPS) is 10.5. The largest absolute Gasteiger partial charge is 0.508 e. The number of rotatable bonds is 6. The third kappa shape index (κ3) is 4.55. The molecule has 1 aromatic carbocycles. The second-order valence-corrected chi connectivity index (χ2v) is 4.37. The summed E-state index contributed by atoms with van der Waals surface area (Å²) in [5.41, 5.74) is -0.447. The van der Waals surface area contributed by atoms with E-state index < -0.39 is 10.8 Å². The predicted octanol–water partition coefficient (Wildman–Crippen LogP) is 0.982. The minimum atomic E-state index is -0.645. The molecule has 0 atom stereocenters. The monoisotopic (exact) mass is 267 g/mol. The summed E-state index contributed by atoms with van der Waals surface area (Å²) in [6.07, 6.45) is 0.741. The fourth-order valence-corrected chi connectivity index (χ4v) is 1.56. The molecule has 0 spiro atoms. The second kappa shape index (κ2) is 6.69. The first-order valence-electron chi connectivity index (χ1n) is 5.82. The summed E-state index contributed by atoms with van der Waals surface area (Å²) in [5.74, 6) is -0.731. The molecule has 0 heterocycles. The Kier molecular flexibility index (Phi) is 5.25. The van der Waals surface area contributed by atoms with Gasteiger partial charge in [0.1, 0.15) is 11.3 Å². The van der Waals surface area contributed by atoms with Crippen molar-refractivity contribution in [3.05, 3.63) is 33.9 Å². The molecule has 0 saturated heterocycles. The highest BCUT2D eigenvalue weighted by atomic mass is 16.6. The van der Waals surface area contributed by atoms with Crippen LogP contribution in [0, 0.1) is 10.1 Å². The molecule has 0 aromatic heterocycles. The zero-order chi connectivity index (χ0) is 14.4. The maximum Gasteiger partial charge on any atom is 0.282 e. The number of aromatic hydroxyl groups is 1. The number of nitro benzene ring substituents is 1. The molecule has 0 aliphatic carbocycles. The average Bonchev–Trinajstić information content (AvgIpc) is 2.33. The van der Waals surface area contributed by atoms with Gasteiger partial charge in [-0.05, 0) is 39.2 Å². The van der Waals surface area contributed by atoms with Crippen molar-refractivity contribution in [2.75, 3.05) is 27.2 Å². The van der Waals surface area contributed by atoms with Crippen molar-refractivity contribution >= 4 is 11.6 Å². The van der Waals surface area contributed by atoms with Crippen molar-refractivity contribution in [2.45, 2.75) is 6.42 Å². The van der Waals surface area contributed by atoms with E-state index in [9.17, 15) is 20.0 Å². The maximum atomic E-state index is 11.8. The number of phenolic OH excluding ortho intramolecular Hbond substituents is 1. The summed E-state index contributed by atoms with van der Waals surface area (Å²) in [6, 6.07) is 3.39. The van der Waals surface area contributed by atoms with Crippen LogP contribution in [0.3, 0.4) is 0 Å². The van der Waals surface area contributed by atoms with E-state index in [0.717, 1.165) is 25.1 Å². The molecule has 104 valence electrons. The number of carbonyl (C=O) groups excluding carboxylic acids is 1. The van der Waals surface area contributed by atoms with Crippen LogP contribution >= 0.6 is 0 Å². The highest BCUT2D eigenvalue weighted by Gasteiger charge is 2.20. The topological polar surface area (TPSA) is 95.7 Å². The van der Waals surface area contributed by atoms with E-state index in [1.807, 2.05) is 19.0 Å². The SMILES string of the molecule is CN(C)CCCNC(=O)c1cc(O)ccc1[N+](=O)[O-]. The molecule has 19 heavy (non-hydrogen) atoms. The summed E-state index contributed by atoms with van der Waals surface area (Å²) in [5, 5.41) is 22.7. The fraction of sp³-hybridized carbons (Fsp3) is 0.417. The summed E-state index contributed by atoms with van der Waals surface area (Å²) < 4.78 is 0. The van der Waals surface area contributed by atoms with E-state index in [4.69, 9.17) is 0 Å². The molecule has 0 bridgehead atoms. The summed E-state index contributed by atoms with van der Waals surface area (Å²) in [7, 11) is 3.84. The predicted molar refractivity (Wildman–Crippen MR) is 70.3 cm³/mol. The average molecular weight is 267 g/mol. The molecule has 0 saturated carbocycles. The van der Waals surface area contributed by atoms with E-state index in [-0.39, 0.29) is 17.0 Å². The van der Waals surface area contributed by atoms with Gasteiger partial charge in [-0.1, -0.05) is 0 Å². The Morgan fingerprint density at radius 3 is 2.74 bits per heavy atom. The Balaban J connectivity index is 2.70. The molecule has 0 aliphatic heterocycles. The standard InChI is InChI=1S/C12H17N3O4/c1-14(2)7-3-6-13-12(17)10-8-9(16)4-5-11(10)15(18)19/h4-5,8,16H,3,6-7H2,1-2H3,(H,13,17). The van der Waals surface area contributed by atoms with Crippen LogP contribution in [0.5, 0.6) is 5.75 Å². The third-order valence-corrected chi connectivity index (χ3v) is 2.49. The highest BCUT2D eigenvalue weighted by Crippen LogP contribution is 2.22. The molecule has 0 radical (unpaired) electrons. The van der Waals surface area contributed by atoms with Gasteiger partial charge in [-0.15, -0.1) is 0 Å². The van der Waals surface area contributed by atoms with Crippen LogP contribution in [0.4, 0.5) is 5.69 Å². The molecular weight excluding hydrogens is 250 g/mol. The first-order valence-corrected chi connectivity index (χ1v) is 5.82. The van der Waals surface area contributed by atoms with Crippen LogP contribution < -0.4 is 5.32 Å². The molecule has 1 amide bonds. The van der Waals surface area contributed by atoms with Crippen LogP contribution in [-0.4, -0.2) is 48.0 Å². The number of benzene rings is 1. The summed E-state index contributed by atoms with van der Waals surface area (Å²) in [6.45, 7) is 1.23. The van der Waals surface area contributed by atoms with Crippen LogP contribution in [-0.2, 0) is 0 Å². The van der Waals surface area contributed by atoms with Gasteiger partial charge in [0.2, 0.25) is 0 Å². The molecule has 0 fully saturated rings. The Morgan fingerprint density at radius 2 is 2.16 bits per heavy atom. The van der Waals surface area contributed by atoms with Gasteiger partial charge in [0.15, 0.2) is 0 Å². The lowest BCUT2D eigenvalue weighted by Crippen LogP contribution is -2.27. The maximum absolute atomic E-state index is 11.8. The molecule has 1 rings (SSSR count). The van der Waals surface area contributed by atoms with E-state index in [1.54, 1.807) is 0 Å². The number of phenols is 1. The van der Waals surface area contributed by atoms with Crippen molar-refractivity contribution in [1.29, 1.82) is 0 Å². The number of amides is 1. The molecular formula is C12H17N3O4. The third-order valence-electron chi connectivity index (χ3n) is 2.49. The first kappa shape index (κ1) is 14.9. The first-order chi connectivity index (χ1) is 8.91. The number of hydrogen-bond donors (Lipinski definition) is 2. The summed E-state index contributed by atoms with van der Waals surface area (Å²) in [4.78, 5) is 24.0. The molecule has 2 N–H and O–H groups in total. The van der Waals surface area contributed by atoms with E-state index in [2.05, 4.69) is 5.32 Å². The Hall–Kier alpha value is -2.15.